The molecule has 1 amide bonds. The van der Waals surface area contributed by atoms with Crippen LogP contribution in [0, 0.1) is 0 Å². The number of alkyl halides is 3. The third kappa shape index (κ3) is 5.76. The predicted molar refractivity (Wildman–Crippen MR) is 111 cm³/mol. The van der Waals surface area contributed by atoms with Gasteiger partial charge in [0.05, 0.1) is 17.6 Å². The Balaban J connectivity index is 1.66. The molecule has 2 aromatic carbocycles. The monoisotopic (exact) mass is 465 g/mol. The van der Waals surface area contributed by atoms with Crippen molar-refractivity contribution in [2.75, 3.05) is 11.8 Å². The summed E-state index contributed by atoms with van der Waals surface area (Å²) in [5.74, 6) is 0.00576. The number of halogens is 3. The molecule has 0 aliphatic rings. The summed E-state index contributed by atoms with van der Waals surface area (Å²) in [6.07, 6.45) is -3.05. The molecule has 1 heterocycles. The zero-order valence-electron chi connectivity index (χ0n) is 16.7. The highest BCUT2D eigenvalue weighted by Gasteiger charge is 2.30. The minimum absolute atomic E-state index is 0.201. The molecule has 2 N–H and O–H groups in total. The van der Waals surface area contributed by atoms with Crippen molar-refractivity contribution in [2.24, 2.45) is 0 Å². The summed E-state index contributed by atoms with van der Waals surface area (Å²) >= 11 is 0. The molecule has 0 aliphatic carbocycles. The van der Waals surface area contributed by atoms with E-state index < -0.39 is 27.7 Å². The van der Waals surface area contributed by atoms with Crippen molar-refractivity contribution in [3.05, 3.63) is 83.6 Å². The molecule has 0 bridgehead atoms. The number of hydrogen-bond donors (Lipinski definition) is 2. The Kier molecular flexibility index (Phi) is 6.68. The van der Waals surface area contributed by atoms with Gasteiger partial charge in [0.1, 0.15) is 0 Å². The fourth-order valence-corrected chi connectivity index (χ4v) is 3.73. The third-order valence-corrected chi connectivity index (χ3v) is 5.73. The number of nitrogens with zero attached hydrogens (tertiary/aromatic N) is 1. The molecule has 0 atom stereocenters. The summed E-state index contributed by atoms with van der Waals surface area (Å²) in [7, 11) is -2.66. The summed E-state index contributed by atoms with van der Waals surface area (Å²) in [6, 6.07) is 12.2. The zero-order chi connectivity index (χ0) is 23.4. The molecule has 11 heteroatoms. The topological polar surface area (TPSA) is 97.4 Å². The molecule has 0 radical (unpaired) electrons. The standard InChI is InChI=1S/C21H18F3N3O4S/c1-31-19-10-5-14(12-25-19)13-26-20(28)15-6-8-18(9-7-15)32(29,30)27-17-4-2-3-16(11-17)21(22,23)24/h2-12,27H,13H2,1H3,(H,26,28). The average Bonchev–Trinajstić information content (AvgIpc) is 2.77. The van der Waals surface area contributed by atoms with E-state index in [1.165, 1.54) is 37.4 Å². The second-order valence-electron chi connectivity index (χ2n) is 6.60. The number of ether oxygens (including phenoxy) is 1. The maximum absolute atomic E-state index is 12.8. The van der Waals surface area contributed by atoms with E-state index in [0.717, 1.165) is 17.7 Å². The van der Waals surface area contributed by atoms with E-state index in [1.54, 1.807) is 18.3 Å². The number of methoxy groups -OCH3 is 1. The first-order valence-electron chi connectivity index (χ1n) is 9.16. The third-order valence-electron chi connectivity index (χ3n) is 4.33. The smallest absolute Gasteiger partial charge is 0.416 e. The van der Waals surface area contributed by atoms with Crippen LogP contribution in [0.15, 0.2) is 71.8 Å². The van der Waals surface area contributed by atoms with Gasteiger partial charge in [-0.05, 0) is 48.0 Å². The number of benzene rings is 2. The first-order valence-corrected chi connectivity index (χ1v) is 10.6. The Morgan fingerprint density at radius 2 is 1.78 bits per heavy atom. The first-order chi connectivity index (χ1) is 15.1. The first kappa shape index (κ1) is 23.1. The highest BCUT2D eigenvalue weighted by molar-refractivity contribution is 7.92. The fraction of sp³-hybridized carbons (Fsp3) is 0.143. The van der Waals surface area contributed by atoms with Crippen molar-refractivity contribution >= 4 is 21.6 Å². The molecule has 0 saturated carbocycles. The van der Waals surface area contributed by atoms with Crippen LogP contribution in [-0.4, -0.2) is 26.4 Å². The van der Waals surface area contributed by atoms with Crippen LogP contribution in [0.3, 0.4) is 0 Å². The minimum Gasteiger partial charge on any atom is -0.481 e. The number of nitrogens with one attached hydrogen (secondary N) is 2. The van der Waals surface area contributed by atoms with Crippen molar-refractivity contribution in [1.82, 2.24) is 10.3 Å². The maximum atomic E-state index is 12.8. The maximum Gasteiger partial charge on any atom is 0.416 e. The highest BCUT2D eigenvalue weighted by atomic mass is 32.2. The quantitative estimate of drug-likeness (QED) is 0.553. The Labute approximate surface area is 182 Å². The lowest BCUT2D eigenvalue weighted by Gasteiger charge is -2.12. The van der Waals surface area contributed by atoms with Crippen LogP contribution in [0.5, 0.6) is 5.88 Å². The van der Waals surface area contributed by atoms with Crippen LogP contribution in [0.1, 0.15) is 21.5 Å². The Hall–Kier alpha value is -3.60. The molecule has 0 spiro atoms. The van der Waals surface area contributed by atoms with Gasteiger partial charge in [0.15, 0.2) is 0 Å². The van der Waals surface area contributed by atoms with Crippen LogP contribution >= 0.6 is 0 Å². The molecule has 0 aliphatic heterocycles. The van der Waals surface area contributed by atoms with Crippen LogP contribution in [0.2, 0.25) is 0 Å². The molecule has 168 valence electrons. The SMILES string of the molecule is COc1ccc(CNC(=O)c2ccc(S(=O)(=O)Nc3cccc(C(F)(F)F)c3)cc2)cn1. The van der Waals surface area contributed by atoms with E-state index in [2.05, 4.69) is 15.0 Å². The summed E-state index contributed by atoms with van der Waals surface area (Å²) in [5, 5.41) is 2.68. The number of carbonyl (C=O) groups is 1. The second-order valence-corrected chi connectivity index (χ2v) is 8.28. The van der Waals surface area contributed by atoms with Crippen molar-refractivity contribution in [3.63, 3.8) is 0 Å². The van der Waals surface area contributed by atoms with Crippen LogP contribution < -0.4 is 14.8 Å². The van der Waals surface area contributed by atoms with Gasteiger partial charge in [-0.15, -0.1) is 0 Å². The fourth-order valence-electron chi connectivity index (χ4n) is 2.68. The van der Waals surface area contributed by atoms with Crippen molar-refractivity contribution in [2.45, 2.75) is 17.6 Å². The summed E-state index contributed by atoms with van der Waals surface area (Å²) in [5.41, 5.74) is -0.250. The molecule has 32 heavy (non-hydrogen) atoms. The van der Waals surface area contributed by atoms with Crippen LogP contribution in [0.4, 0.5) is 18.9 Å². The van der Waals surface area contributed by atoms with Gasteiger partial charge in [0.25, 0.3) is 15.9 Å². The minimum atomic E-state index is -4.60. The van der Waals surface area contributed by atoms with Gasteiger partial charge in [0.2, 0.25) is 5.88 Å². The predicted octanol–water partition coefficient (Wildman–Crippen LogP) is 3.84. The molecule has 7 nitrogen and oxygen atoms in total. The number of amides is 1. The molecule has 0 fully saturated rings. The number of hydrogen-bond acceptors (Lipinski definition) is 5. The van der Waals surface area contributed by atoms with E-state index in [9.17, 15) is 26.4 Å². The van der Waals surface area contributed by atoms with E-state index >= 15 is 0 Å². The van der Waals surface area contributed by atoms with E-state index in [4.69, 9.17) is 4.74 Å². The Bertz CT molecular complexity index is 1200. The Morgan fingerprint density at radius 1 is 1.06 bits per heavy atom. The number of anilines is 1. The van der Waals surface area contributed by atoms with Crippen molar-refractivity contribution in [1.29, 1.82) is 0 Å². The largest absolute Gasteiger partial charge is 0.481 e. The van der Waals surface area contributed by atoms with Gasteiger partial charge in [-0.3, -0.25) is 9.52 Å². The number of rotatable bonds is 7. The lowest BCUT2D eigenvalue weighted by atomic mass is 10.2. The molecule has 3 rings (SSSR count). The molecule has 1 aromatic heterocycles. The number of sulfonamides is 1. The van der Waals surface area contributed by atoms with E-state index in [0.29, 0.717) is 11.9 Å². The van der Waals surface area contributed by atoms with E-state index in [1.807, 2.05) is 0 Å². The van der Waals surface area contributed by atoms with Gasteiger partial charge in [-0.25, -0.2) is 13.4 Å². The average molecular weight is 465 g/mol. The normalized spacial score (nSPS) is 11.6. The van der Waals surface area contributed by atoms with Gasteiger partial charge >= 0.3 is 6.18 Å². The van der Waals surface area contributed by atoms with Gasteiger partial charge < -0.3 is 10.1 Å². The number of aromatic nitrogens is 1. The molecule has 0 unspecified atom stereocenters. The second kappa shape index (κ2) is 9.27. The number of pyridine rings is 1. The van der Waals surface area contributed by atoms with Crippen LogP contribution in [-0.2, 0) is 22.7 Å². The van der Waals surface area contributed by atoms with Crippen molar-refractivity contribution in [3.8, 4) is 5.88 Å². The molecule has 3 aromatic rings. The summed E-state index contributed by atoms with van der Waals surface area (Å²) < 4.78 is 70.5. The van der Waals surface area contributed by atoms with Gasteiger partial charge in [-0.2, -0.15) is 13.2 Å². The molecular weight excluding hydrogens is 447 g/mol. The lowest BCUT2D eigenvalue weighted by Crippen LogP contribution is -2.23. The lowest BCUT2D eigenvalue weighted by molar-refractivity contribution is -0.137. The van der Waals surface area contributed by atoms with Crippen molar-refractivity contribution < 1.29 is 31.1 Å². The van der Waals surface area contributed by atoms with Gasteiger partial charge in [0, 0.05) is 30.1 Å². The van der Waals surface area contributed by atoms with Gasteiger partial charge in [-0.1, -0.05) is 12.1 Å². The summed E-state index contributed by atoms with van der Waals surface area (Å²) in [4.78, 5) is 16.1. The molecule has 0 saturated heterocycles. The molecular formula is C21H18F3N3O4S. The number of carbonyl (C=O) groups excluding carboxylic acids is 1. The summed E-state index contributed by atoms with van der Waals surface area (Å²) in [6.45, 7) is 0.201. The van der Waals surface area contributed by atoms with Crippen LogP contribution in [0.25, 0.3) is 0 Å². The van der Waals surface area contributed by atoms with E-state index in [-0.39, 0.29) is 22.7 Å². The highest BCUT2D eigenvalue weighted by Crippen LogP contribution is 2.31. The zero-order valence-corrected chi connectivity index (χ0v) is 17.5. The Morgan fingerprint density at radius 3 is 2.38 bits per heavy atom.